The number of nitrogens with zero attached hydrogens (tertiary/aromatic N) is 1. The summed E-state index contributed by atoms with van der Waals surface area (Å²) in [5, 5.41) is 21.5. The molecule has 2 aromatic carbocycles. The summed E-state index contributed by atoms with van der Waals surface area (Å²) < 4.78 is 5.61. The Kier molecular flexibility index (Phi) is 5.85. The fourth-order valence-corrected chi connectivity index (χ4v) is 3.55. The molecule has 0 heterocycles. The van der Waals surface area contributed by atoms with Gasteiger partial charge in [0.15, 0.2) is 0 Å². The molecule has 0 bridgehead atoms. The minimum Gasteiger partial charge on any atom is -0.491 e. The number of hydrogen-bond acceptors (Lipinski definition) is 5. The summed E-state index contributed by atoms with van der Waals surface area (Å²) >= 11 is 0. The Morgan fingerprint density at radius 3 is 2.73 bits per heavy atom. The van der Waals surface area contributed by atoms with Crippen molar-refractivity contribution in [3.8, 4) is 5.75 Å². The predicted octanol–water partition coefficient (Wildman–Crippen LogP) is 2.86. The van der Waals surface area contributed by atoms with Gasteiger partial charge in [-0.05, 0) is 54.9 Å². The standard InChI is InChI=1S/C20H24N2O4/c21-20(19(23)13-26-18-7-2-1-3-8-18)15-6-4-5-14-9-10-17(22(24)25)12-16(14)11-15/h1-3,7-10,12,15,19-20,23H,4-6,11,13,21H2/t15?,19-,20?/m1/s1. The third kappa shape index (κ3) is 4.39. The van der Waals surface area contributed by atoms with Gasteiger partial charge in [-0.2, -0.15) is 0 Å². The lowest BCUT2D eigenvalue weighted by molar-refractivity contribution is -0.384. The molecule has 6 nitrogen and oxygen atoms in total. The topological polar surface area (TPSA) is 98.6 Å². The molecule has 0 saturated heterocycles. The van der Waals surface area contributed by atoms with E-state index in [0.29, 0.717) is 12.2 Å². The average molecular weight is 356 g/mol. The lowest BCUT2D eigenvalue weighted by atomic mass is 9.87. The predicted molar refractivity (Wildman–Crippen MR) is 99.1 cm³/mol. The molecule has 0 radical (unpaired) electrons. The van der Waals surface area contributed by atoms with Gasteiger partial charge in [-0.3, -0.25) is 10.1 Å². The van der Waals surface area contributed by atoms with Gasteiger partial charge >= 0.3 is 0 Å². The third-order valence-corrected chi connectivity index (χ3v) is 5.06. The number of hydrogen-bond donors (Lipinski definition) is 2. The summed E-state index contributed by atoms with van der Waals surface area (Å²) in [5.41, 5.74) is 8.52. The van der Waals surface area contributed by atoms with E-state index < -0.39 is 12.1 Å². The minimum absolute atomic E-state index is 0.0626. The lowest BCUT2D eigenvalue weighted by Crippen LogP contribution is -2.45. The van der Waals surface area contributed by atoms with Crippen LogP contribution in [0.5, 0.6) is 5.75 Å². The second kappa shape index (κ2) is 8.29. The molecule has 138 valence electrons. The molecule has 2 aromatic rings. The van der Waals surface area contributed by atoms with Crippen LogP contribution in [0.15, 0.2) is 48.5 Å². The smallest absolute Gasteiger partial charge is 0.269 e. The average Bonchev–Trinajstić information content (AvgIpc) is 2.88. The van der Waals surface area contributed by atoms with Crippen molar-refractivity contribution in [3.05, 3.63) is 69.8 Å². The van der Waals surface area contributed by atoms with Crippen molar-refractivity contribution in [3.63, 3.8) is 0 Å². The van der Waals surface area contributed by atoms with Gasteiger partial charge in [0.1, 0.15) is 18.5 Å². The molecule has 0 aliphatic heterocycles. The molecular weight excluding hydrogens is 332 g/mol. The van der Waals surface area contributed by atoms with Crippen LogP contribution < -0.4 is 10.5 Å². The zero-order chi connectivity index (χ0) is 18.5. The fraction of sp³-hybridized carbons (Fsp3) is 0.400. The summed E-state index contributed by atoms with van der Waals surface area (Å²) in [6, 6.07) is 13.9. The van der Waals surface area contributed by atoms with Crippen molar-refractivity contribution in [2.24, 2.45) is 11.7 Å². The number of ether oxygens (including phenoxy) is 1. The lowest BCUT2D eigenvalue weighted by Gasteiger charge is -2.27. The summed E-state index contributed by atoms with van der Waals surface area (Å²) in [5.74, 6) is 0.758. The van der Waals surface area contributed by atoms with Gasteiger partial charge in [0.2, 0.25) is 0 Å². The highest BCUT2D eigenvalue weighted by Gasteiger charge is 2.28. The Labute approximate surface area is 152 Å². The van der Waals surface area contributed by atoms with Crippen molar-refractivity contribution >= 4 is 5.69 Å². The number of non-ortho nitro benzene ring substituents is 1. The van der Waals surface area contributed by atoms with E-state index in [1.807, 2.05) is 36.4 Å². The largest absolute Gasteiger partial charge is 0.491 e. The van der Waals surface area contributed by atoms with Crippen molar-refractivity contribution in [2.45, 2.75) is 37.8 Å². The Balaban J connectivity index is 1.66. The highest BCUT2D eigenvalue weighted by atomic mass is 16.6. The minimum atomic E-state index is -0.791. The van der Waals surface area contributed by atoms with Gasteiger partial charge in [-0.25, -0.2) is 0 Å². The zero-order valence-electron chi connectivity index (χ0n) is 14.6. The first-order valence-corrected chi connectivity index (χ1v) is 8.92. The summed E-state index contributed by atoms with van der Waals surface area (Å²) in [7, 11) is 0. The second-order valence-corrected chi connectivity index (χ2v) is 6.84. The van der Waals surface area contributed by atoms with E-state index in [1.165, 1.54) is 0 Å². The number of aliphatic hydroxyl groups excluding tert-OH is 1. The Morgan fingerprint density at radius 2 is 2.00 bits per heavy atom. The molecule has 2 unspecified atom stereocenters. The Hall–Kier alpha value is -2.44. The monoisotopic (exact) mass is 356 g/mol. The maximum Gasteiger partial charge on any atom is 0.269 e. The van der Waals surface area contributed by atoms with Crippen molar-refractivity contribution < 1.29 is 14.8 Å². The molecule has 0 saturated carbocycles. The van der Waals surface area contributed by atoms with E-state index in [-0.39, 0.29) is 23.1 Å². The maximum atomic E-state index is 11.0. The molecule has 3 N–H and O–H groups in total. The first-order chi connectivity index (χ1) is 12.5. The number of nitro groups is 1. The van der Waals surface area contributed by atoms with E-state index in [9.17, 15) is 15.2 Å². The number of fused-ring (bicyclic) bond motifs is 1. The normalized spacial score (nSPS) is 19.1. The van der Waals surface area contributed by atoms with Crippen LogP contribution in [0, 0.1) is 16.0 Å². The van der Waals surface area contributed by atoms with E-state index >= 15 is 0 Å². The quantitative estimate of drug-likeness (QED) is 0.471. The number of rotatable bonds is 6. The second-order valence-electron chi connectivity index (χ2n) is 6.84. The van der Waals surface area contributed by atoms with Gasteiger partial charge in [0.05, 0.1) is 4.92 Å². The summed E-state index contributed by atoms with van der Waals surface area (Å²) in [6.45, 7) is 0.128. The first-order valence-electron chi connectivity index (χ1n) is 8.92. The molecule has 0 spiro atoms. The van der Waals surface area contributed by atoms with Crippen molar-refractivity contribution in [1.29, 1.82) is 0 Å². The van der Waals surface area contributed by atoms with Crippen LogP contribution in [0.2, 0.25) is 0 Å². The molecule has 0 aromatic heterocycles. The van der Waals surface area contributed by atoms with Crippen molar-refractivity contribution in [2.75, 3.05) is 6.61 Å². The molecule has 0 amide bonds. The number of aryl methyl sites for hydroxylation is 1. The molecule has 6 heteroatoms. The Morgan fingerprint density at radius 1 is 1.23 bits per heavy atom. The molecule has 0 fully saturated rings. The van der Waals surface area contributed by atoms with Crippen LogP contribution >= 0.6 is 0 Å². The molecule has 1 aliphatic rings. The van der Waals surface area contributed by atoms with E-state index in [2.05, 4.69) is 0 Å². The van der Waals surface area contributed by atoms with Crippen LogP contribution in [-0.4, -0.2) is 28.8 Å². The van der Waals surface area contributed by atoms with Gasteiger partial charge in [-0.15, -0.1) is 0 Å². The zero-order valence-corrected chi connectivity index (χ0v) is 14.6. The summed E-state index contributed by atoms with van der Waals surface area (Å²) in [6.07, 6.45) is 2.57. The molecular formula is C20H24N2O4. The van der Waals surface area contributed by atoms with Gasteiger partial charge in [-0.1, -0.05) is 24.3 Å². The van der Waals surface area contributed by atoms with Crippen LogP contribution in [-0.2, 0) is 12.8 Å². The van der Waals surface area contributed by atoms with Crippen LogP contribution in [0.1, 0.15) is 24.0 Å². The number of benzene rings is 2. The number of nitrogens with two attached hydrogens (primary N) is 1. The SMILES string of the molecule is NC(C1CCCc2ccc([N+](=O)[O-])cc2C1)[C@H](O)COc1ccccc1. The van der Waals surface area contributed by atoms with Crippen LogP contribution in [0.25, 0.3) is 0 Å². The Bertz CT molecular complexity index is 751. The fourth-order valence-electron chi connectivity index (χ4n) is 3.55. The van der Waals surface area contributed by atoms with Gasteiger partial charge < -0.3 is 15.6 Å². The molecule has 3 atom stereocenters. The maximum absolute atomic E-state index is 11.0. The van der Waals surface area contributed by atoms with E-state index in [1.54, 1.807) is 12.1 Å². The number of nitro benzene ring substituents is 1. The van der Waals surface area contributed by atoms with E-state index in [4.69, 9.17) is 10.5 Å². The van der Waals surface area contributed by atoms with Gasteiger partial charge in [0, 0.05) is 18.2 Å². The van der Waals surface area contributed by atoms with Crippen LogP contribution in [0.3, 0.4) is 0 Å². The summed E-state index contributed by atoms with van der Waals surface area (Å²) in [4.78, 5) is 10.7. The third-order valence-electron chi connectivity index (χ3n) is 5.06. The highest BCUT2D eigenvalue weighted by molar-refractivity contribution is 5.41. The number of para-hydroxylation sites is 1. The van der Waals surface area contributed by atoms with Crippen molar-refractivity contribution in [1.82, 2.24) is 0 Å². The first kappa shape index (κ1) is 18.4. The van der Waals surface area contributed by atoms with E-state index in [0.717, 1.165) is 30.4 Å². The number of aliphatic hydroxyl groups is 1. The molecule has 1 aliphatic carbocycles. The molecule has 26 heavy (non-hydrogen) atoms. The van der Waals surface area contributed by atoms with Gasteiger partial charge in [0.25, 0.3) is 5.69 Å². The highest BCUT2D eigenvalue weighted by Crippen LogP contribution is 2.29. The molecule has 3 rings (SSSR count). The van der Waals surface area contributed by atoms with Crippen LogP contribution in [0.4, 0.5) is 5.69 Å².